The first-order valence-electron chi connectivity index (χ1n) is 30.1. The number of thiazole rings is 1. The summed E-state index contributed by atoms with van der Waals surface area (Å²) in [5, 5.41) is 22.4. The Balaban J connectivity index is 0.784. The van der Waals surface area contributed by atoms with Crippen LogP contribution in [-0.2, 0) is 60.6 Å². The molecule has 3 aromatic heterocycles. The second-order valence-electron chi connectivity index (χ2n) is 25.8. The van der Waals surface area contributed by atoms with Crippen molar-refractivity contribution in [2.24, 2.45) is 33.4 Å². The topological polar surface area (TPSA) is 397 Å². The molecular weight excluding hydrogens is 1230 g/mol. The van der Waals surface area contributed by atoms with Crippen molar-refractivity contribution in [1.29, 1.82) is 0 Å². The van der Waals surface area contributed by atoms with Crippen LogP contribution >= 0.6 is 11.3 Å². The highest BCUT2D eigenvalue weighted by atomic mass is 32.2. The molecule has 5 amide bonds. The number of nitrogens with one attached hydrogen (secondary N) is 3. The van der Waals surface area contributed by atoms with Gasteiger partial charge in [-0.1, -0.05) is 73.7 Å². The number of hydrogen-bond acceptors (Lipinski definition) is 18. The highest BCUT2D eigenvalue weighted by molar-refractivity contribution is 7.86. The smallest absolute Gasteiger partial charge is 0.407 e. The Morgan fingerprint density at radius 1 is 0.835 bits per heavy atom. The molecule has 11 rings (SSSR count). The van der Waals surface area contributed by atoms with Crippen LogP contribution in [0.3, 0.4) is 0 Å². The molecule has 4 heterocycles. The number of para-hydroxylation sites is 1. The fraction of sp³-hybridized carbons (Fsp3) is 0.484. The Hall–Kier alpha value is -7.64. The lowest BCUT2D eigenvalue weighted by Gasteiger charge is -2.69. The van der Waals surface area contributed by atoms with Gasteiger partial charge in [-0.25, -0.2) is 24.4 Å². The van der Waals surface area contributed by atoms with E-state index >= 15 is 0 Å². The summed E-state index contributed by atoms with van der Waals surface area (Å²) >= 11 is 1.40. The number of fused-ring (bicyclic) bond motifs is 2. The maximum atomic E-state index is 13.8. The van der Waals surface area contributed by atoms with Crippen molar-refractivity contribution < 1.29 is 64.5 Å². The number of aromatic carboxylic acids is 1. The van der Waals surface area contributed by atoms with Gasteiger partial charge >= 0.3 is 18.1 Å². The van der Waals surface area contributed by atoms with Crippen molar-refractivity contribution in [3.8, 4) is 11.1 Å². The van der Waals surface area contributed by atoms with Gasteiger partial charge < -0.3 is 47.3 Å². The average Bonchev–Trinajstić information content (AvgIpc) is 0.719. The number of carboxylic acid groups (broad SMARTS) is 1. The Labute approximate surface area is 531 Å². The van der Waals surface area contributed by atoms with Crippen molar-refractivity contribution in [3.05, 3.63) is 124 Å². The number of alkyl carbamates (subject to hydrolysis) is 1. The molecule has 5 atom stereocenters. The summed E-state index contributed by atoms with van der Waals surface area (Å²) in [4.78, 5) is 76.4. The lowest BCUT2D eigenvalue weighted by Crippen LogP contribution is -2.64. The average molecular weight is 1310 g/mol. The molecule has 4 unspecified atom stereocenters. The highest BCUT2D eigenvalue weighted by Crippen LogP contribution is 2.72. The van der Waals surface area contributed by atoms with Gasteiger partial charge in [0.25, 0.3) is 26.1 Å². The number of hydrogen-bond donors (Lipinski definition) is 9. The standard InChI is InChI=1S/C62H78N12O14S3/c1-38-46(44-15-16-51(70-52(44)55(77)78)73-20-17-39-10-8-12-45(47(39)29-73)54(76)71-57-69-49-13-6-7-14-50(49)89-57)28-68-74(38)37-61-32-59(2)31-60(3,33-61)35-62(34-59,36-61)88-23-21-72(22-24-90(81,82)83)19-18-42(91(84,85)86)27-67-58(80)87-30-40-9-4-5-11-43(40)41(26-66-56(65)79)25-48(63)53(64)75/h4-16,28,41-42,48H,17-27,29-37,63H2,1-3H3,(H2,64,75)(H,67,80)(H,77,78)(H3,65,66,79)(H,69,71,76)(H,81,82,83)(H,84,85,86)/t41?,42?,48-,59?,60?,61?,62?/m0/s1. The van der Waals surface area contributed by atoms with E-state index in [2.05, 4.69) is 34.8 Å². The maximum Gasteiger partial charge on any atom is 0.407 e. The van der Waals surface area contributed by atoms with E-state index < -0.39 is 79.3 Å². The number of nitrogens with zero attached hydrogens (tertiary/aromatic N) is 6. The molecule has 4 fully saturated rings. The lowest BCUT2D eigenvalue weighted by molar-refractivity contribution is -0.248. The zero-order chi connectivity index (χ0) is 65.3. The number of pyridine rings is 1. The number of nitrogens with two attached hydrogens (primary N) is 3. The third kappa shape index (κ3) is 15.8. The largest absolute Gasteiger partial charge is 0.476 e. The van der Waals surface area contributed by atoms with Crippen molar-refractivity contribution >= 4 is 82.6 Å². The van der Waals surface area contributed by atoms with Crippen molar-refractivity contribution in [2.75, 3.05) is 61.8 Å². The molecule has 91 heavy (non-hydrogen) atoms. The second-order valence-corrected chi connectivity index (χ2v) is 30.1. The zero-order valence-electron chi connectivity index (χ0n) is 50.9. The summed E-state index contributed by atoms with van der Waals surface area (Å²) in [6.45, 7) is 6.93. The minimum atomic E-state index is -4.81. The summed E-state index contributed by atoms with van der Waals surface area (Å²) in [5.74, 6) is -3.03. The lowest BCUT2D eigenvalue weighted by atomic mass is 9.39. The van der Waals surface area contributed by atoms with Gasteiger partial charge in [0, 0.05) is 74.1 Å². The van der Waals surface area contributed by atoms with E-state index in [0.29, 0.717) is 71.2 Å². The van der Waals surface area contributed by atoms with Crippen LogP contribution < -0.4 is 38.1 Å². The molecule has 26 nitrogen and oxygen atoms in total. The van der Waals surface area contributed by atoms with Crippen LogP contribution in [0.25, 0.3) is 21.3 Å². The van der Waals surface area contributed by atoms with Gasteiger partial charge in [0.1, 0.15) is 17.7 Å². The maximum absolute atomic E-state index is 13.8. The number of carboxylic acids is 1. The van der Waals surface area contributed by atoms with Crippen molar-refractivity contribution in [3.63, 3.8) is 0 Å². The number of aromatic nitrogens is 4. The predicted molar refractivity (Wildman–Crippen MR) is 341 cm³/mol. The van der Waals surface area contributed by atoms with E-state index in [1.165, 1.54) is 11.3 Å². The first-order chi connectivity index (χ1) is 43.0. The summed E-state index contributed by atoms with van der Waals surface area (Å²) in [7, 11) is -9.27. The van der Waals surface area contributed by atoms with E-state index in [9.17, 15) is 55.0 Å². The summed E-state index contributed by atoms with van der Waals surface area (Å²) in [6, 6.07) is 21.7. The Morgan fingerprint density at radius 3 is 2.27 bits per heavy atom. The van der Waals surface area contributed by atoms with Crippen LogP contribution in [0.1, 0.15) is 120 Å². The number of primary amides is 2. The van der Waals surface area contributed by atoms with Gasteiger partial charge in [-0.2, -0.15) is 21.9 Å². The zero-order valence-corrected chi connectivity index (χ0v) is 53.4. The van der Waals surface area contributed by atoms with Crippen LogP contribution in [0.4, 0.5) is 20.5 Å². The molecule has 5 aliphatic rings. The van der Waals surface area contributed by atoms with Crippen LogP contribution in [0, 0.1) is 23.2 Å². The minimum absolute atomic E-state index is 0.0201. The molecule has 12 N–H and O–H groups in total. The highest BCUT2D eigenvalue weighted by Gasteiger charge is 2.66. The van der Waals surface area contributed by atoms with E-state index in [1.807, 2.05) is 59.0 Å². The normalized spacial score (nSPS) is 22.1. The Bertz CT molecular complexity index is 3940. The fourth-order valence-electron chi connectivity index (χ4n) is 15.5. The van der Waals surface area contributed by atoms with Gasteiger partial charge in [0.05, 0.1) is 40.4 Å². The summed E-state index contributed by atoms with van der Waals surface area (Å²) in [5.41, 5.74) is 21.4. The van der Waals surface area contributed by atoms with Crippen molar-refractivity contribution in [1.82, 2.24) is 35.3 Å². The number of carbonyl (C=O) groups excluding carboxylic acids is 4. The molecule has 4 saturated carbocycles. The number of benzene rings is 3. The first kappa shape index (κ1) is 66.3. The van der Waals surface area contributed by atoms with Gasteiger partial charge in [0.15, 0.2) is 10.8 Å². The van der Waals surface area contributed by atoms with Crippen LogP contribution in [0.5, 0.6) is 0 Å². The third-order valence-electron chi connectivity index (χ3n) is 18.4. The van der Waals surface area contributed by atoms with Gasteiger partial charge in [0.2, 0.25) is 5.91 Å². The molecule has 1 aliphatic heterocycles. The number of anilines is 2. The van der Waals surface area contributed by atoms with E-state index in [0.717, 1.165) is 59.1 Å². The fourth-order valence-corrected chi connectivity index (χ4v) is 17.5. The number of urea groups is 1. The van der Waals surface area contributed by atoms with E-state index in [-0.39, 0.29) is 80.1 Å². The molecule has 4 aliphatic carbocycles. The molecule has 0 radical (unpaired) electrons. The number of amides is 5. The third-order valence-corrected chi connectivity index (χ3v) is 21.3. The quantitative estimate of drug-likeness (QED) is 0.0246. The molecule has 3 aromatic carbocycles. The molecule has 6 aromatic rings. The molecule has 488 valence electrons. The Kier molecular flexibility index (Phi) is 19.3. The Morgan fingerprint density at radius 2 is 1.57 bits per heavy atom. The predicted octanol–water partition coefficient (Wildman–Crippen LogP) is 6.23. The number of ether oxygens (including phenoxy) is 2. The summed E-state index contributed by atoms with van der Waals surface area (Å²) < 4.78 is 85.2. The van der Waals surface area contributed by atoms with E-state index in [4.69, 9.17) is 36.8 Å². The molecule has 0 spiro atoms. The molecule has 0 saturated heterocycles. The summed E-state index contributed by atoms with van der Waals surface area (Å²) in [6.07, 6.45) is 6.01. The minimum Gasteiger partial charge on any atom is -0.476 e. The van der Waals surface area contributed by atoms with Crippen molar-refractivity contribution in [2.45, 2.75) is 121 Å². The first-order valence-corrected chi connectivity index (χ1v) is 34.1. The van der Waals surface area contributed by atoms with E-state index in [1.54, 1.807) is 47.5 Å². The molecular formula is C62H78N12O14S3. The number of carbonyl (C=O) groups is 5. The SMILES string of the molecule is Cc1c(-c2ccc(N3CCc4cccc(C(=O)Nc5nc6ccccc6s5)c4C3)nc2C(=O)O)cnn1CC12CC3(C)CC(C)(C1)CC(OCCN(CCC(CNC(=O)OCc1ccccc1C(CNC(N)=O)C[C@H](N)C(N)=O)S(=O)(=O)O)CCS(=O)(=O)O)(C3)C2. The van der Waals surface area contributed by atoms with Gasteiger partial charge in [-0.3, -0.25) is 33.6 Å². The number of rotatable bonds is 28. The monoisotopic (exact) mass is 1310 g/mol. The van der Waals surface area contributed by atoms with Crippen LogP contribution in [0.15, 0.2) is 85.1 Å². The molecule has 4 bridgehead atoms. The van der Waals surface area contributed by atoms with Crippen LogP contribution in [0.2, 0.25) is 0 Å². The van der Waals surface area contributed by atoms with Gasteiger partial charge in [-0.15, -0.1) is 0 Å². The molecule has 29 heteroatoms. The van der Waals surface area contributed by atoms with Gasteiger partial charge in [-0.05, 0) is 140 Å². The van der Waals surface area contributed by atoms with Crippen LogP contribution in [-0.4, -0.2) is 154 Å². The second kappa shape index (κ2) is 26.5.